The molecule has 3 aromatic rings. The fourth-order valence-electron chi connectivity index (χ4n) is 6.37. The van der Waals surface area contributed by atoms with Crippen LogP contribution >= 0.6 is 11.6 Å². The van der Waals surface area contributed by atoms with Gasteiger partial charge in [-0.15, -0.1) is 0 Å². The molecule has 1 aliphatic heterocycles. The number of nitrogens with one attached hydrogen (secondary N) is 2. The first-order valence-corrected chi connectivity index (χ1v) is 13.8. The fourth-order valence-corrected chi connectivity index (χ4v) is 6.67. The quantitative estimate of drug-likeness (QED) is 0.343. The van der Waals surface area contributed by atoms with Crippen molar-refractivity contribution >= 4 is 29.1 Å². The van der Waals surface area contributed by atoms with E-state index in [1.165, 1.54) is 12.3 Å². The highest BCUT2D eigenvalue weighted by molar-refractivity contribution is 6.33. The number of nitrogens with zero attached hydrogens (tertiary/aromatic N) is 3. The third-order valence-electron chi connectivity index (χ3n) is 8.69. The number of benzene rings is 1. The van der Waals surface area contributed by atoms with Crippen molar-refractivity contribution in [3.8, 4) is 11.1 Å². The smallest absolute Gasteiger partial charge is 0.268 e. The van der Waals surface area contributed by atoms with Gasteiger partial charge in [0.1, 0.15) is 11.7 Å². The predicted molar refractivity (Wildman–Crippen MR) is 146 cm³/mol. The van der Waals surface area contributed by atoms with Crippen molar-refractivity contribution in [3.05, 3.63) is 76.0 Å². The Bertz CT molecular complexity index is 1480. The predicted octanol–water partition coefficient (Wildman–Crippen LogP) is 4.22. The van der Waals surface area contributed by atoms with E-state index in [9.17, 15) is 23.6 Å². The molecular weight excluding hydrogens is 540 g/mol. The van der Waals surface area contributed by atoms with Gasteiger partial charge < -0.3 is 20.4 Å². The lowest BCUT2D eigenvalue weighted by atomic mass is 9.92. The third-order valence-corrected chi connectivity index (χ3v) is 9.00. The molecule has 6 rings (SSSR count). The van der Waals surface area contributed by atoms with Gasteiger partial charge in [-0.25, -0.2) is 8.78 Å². The molecule has 3 heterocycles. The molecule has 2 fully saturated rings. The van der Waals surface area contributed by atoms with Gasteiger partial charge in [-0.05, 0) is 55.6 Å². The summed E-state index contributed by atoms with van der Waals surface area (Å²) in [5, 5.41) is 18.2. The van der Waals surface area contributed by atoms with Crippen LogP contribution in [0.1, 0.15) is 34.7 Å². The maximum Gasteiger partial charge on any atom is 0.268 e. The summed E-state index contributed by atoms with van der Waals surface area (Å²) in [6, 6.07) is 11.1. The highest BCUT2D eigenvalue weighted by atomic mass is 35.5. The van der Waals surface area contributed by atoms with E-state index in [1.807, 2.05) is 17.7 Å². The summed E-state index contributed by atoms with van der Waals surface area (Å²) in [5.74, 6) is -5.38. The van der Waals surface area contributed by atoms with Crippen LogP contribution < -0.4 is 15.4 Å². The van der Waals surface area contributed by atoms with Crippen molar-refractivity contribution in [1.82, 2.24) is 14.8 Å². The lowest BCUT2D eigenvalue weighted by Crippen LogP contribution is -2.49. The van der Waals surface area contributed by atoms with Crippen LogP contribution in [0.3, 0.4) is 0 Å². The summed E-state index contributed by atoms with van der Waals surface area (Å²) >= 11 is 6.33. The van der Waals surface area contributed by atoms with Crippen LogP contribution in [0.25, 0.3) is 11.1 Å². The lowest BCUT2D eigenvalue weighted by Gasteiger charge is -2.28. The average Bonchev–Trinajstić information content (AvgIpc) is 3.32. The lowest BCUT2D eigenvalue weighted by molar-refractivity contribution is -0.611. The van der Waals surface area contributed by atoms with Crippen molar-refractivity contribution < 1.29 is 23.1 Å². The summed E-state index contributed by atoms with van der Waals surface area (Å²) in [4.78, 5) is 29.1. The molecule has 0 bridgehead atoms. The van der Waals surface area contributed by atoms with Gasteiger partial charge in [0, 0.05) is 55.8 Å². The molecule has 1 aromatic carbocycles. The Kier molecular flexibility index (Phi) is 6.58. The molecule has 11 heteroatoms. The fraction of sp³-hybridized carbons (Fsp3) is 0.414. The molecule has 3 aliphatic rings. The normalized spacial score (nSPS) is 23.7. The molecular formula is C29H30ClF2N5O3. The van der Waals surface area contributed by atoms with Crippen LogP contribution in [0.2, 0.25) is 5.02 Å². The van der Waals surface area contributed by atoms with Gasteiger partial charge in [0.25, 0.3) is 11.8 Å². The number of fused-ring (bicyclic) bond motifs is 2. The van der Waals surface area contributed by atoms with Crippen LogP contribution in [-0.4, -0.2) is 46.8 Å². The number of aromatic nitrogens is 2. The largest absolute Gasteiger partial charge is 0.618 e. The van der Waals surface area contributed by atoms with E-state index in [-0.39, 0.29) is 12.8 Å². The second-order valence-electron chi connectivity index (χ2n) is 11.2. The van der Waals surface area contributed by atoms with Gasteiger partial charge in [-0.2, -0.15) is 4.73 Å². The molecule has 1 unspecified atom stereocenters. The molecule has 2 amide bonds. The molecule has 40 heavy (non-hydrogen) atoms. The minimum Gasteiger partial charge on any atom is -0.618 e. The first-order chi connectivity index (χ1) is 19.0. The van der Waals surface area contributed by atoms with Crippen LogP contribution in [0, 0.1) is 29.9 Å². The number of halogens is 3. The number of rotatable bonds is 6. The maximum absolute atomic E-state index is 14.0. The number of likely N-dealkylation sites (N-methyl/N-ethyl adjacent to an activating group) is 1. The summed E-state index contributed by atoms with van der Waals surface area (Å²) in [5.41, 5.74) is 3.70. The molecule has 2 aromatic heterocycles. The van der Waals surface area contributed by atoms with E-state index in [0.29, 0.717) is 39.8 Å². The zero-order valence-electron chi connectivity index (χ0n) is 22.2. The van der Waals surface area contributed by atoms with Gasteiger partial charge in [0.05, 0.1) is 10.6 Å². The second kappa shape index (κ2) is 9.85. The maximum atomic E-state index is 14.0. The van der Waals surface area contributed by atoms with Crippen molar-refractivity contribution in [3.63, 3.8) is 0 Å². The number of pyridine rings is 1. The van der Waals surface area contributed by atoms with Crippen LogP contribution in [0.5, 0.6) is 0 Å². The van der Waals surface area contributed by atoms with Gasteiger partial charge in [-0.3, -0.25) is 14.5 Å². The number of carbonyl (C=O) groups excluding carboxylic acids is 2. The number of amides is 2. The van der Waals surface area contributed by atoms with Crippen molar-refractivity contribution in [1.29, 1.82) is 0 Å². The summed E-state index contributed by atoms with van der Waals surface area (Å²) in [7, 11) is 2.01. The Morgan fingerprint density at radius 3 is 2.50 bits per heavy atom. The number of anilines is 1. The Morgan fingerprint density at radius 1 is 1.10 bits per heavy atom. The molecule has 8 nitrogen and oxygen atoms in total. The van der Waals surface area contributed by atoms with E-state index in [4.69, 9.17) is 11.6 Å². The monoisotopic (exact) mass is 569 g/mol. The molecule has 210 valence electrons. The first-order valence-electron chi connectivity index (χ1n) is 13.4. The number of alkyl halides is 2. The summed E-state index contributed by atoms with van der Waals surface area (Å²) in [6.45, 7) is 3.84. The standard InChI is InChI=1S/C29H30ClF2N5O3/c1-16-25(23(30)9-10-37(16)40)17-3-5-19(6-4-17)33-28(39)26(18-13-21-22(14-18)29(21,31)32)34-27(38)24-8-7-20-15-35(2)11-12-36(20)24/h3-10,18,21-22,26H,11-15H2,1-2H3,(H,33,39)(H,34,38)/t18?,21-,22+,26-/m1/s1. The highest BCUT2D eigenvalue weighted by Crippen LogP contribution is 2.66. The van der Waals surface area contributed by atoms with Gasteiger partial charge in [0.2, 0.25) is 5.91 Å². The Morgan fingerprint density at radius 2 is 1.80 bits per heavy atom. The first kappa shape index (κ1) is 26.7. The van der Waals surface area contributed by atoms with Crippen LogP contribution in [-0.2, 0) is 17.9 Å². The topological polar surface area (TPSA) is 93.3 Å². The van der Waals surface area contributed by atoms with Crippen molar-refractivity contribution in [2.24, 2.45) is 17.8 Å². The SMILES string of the molecule is Cc1c(-c2ccc(NC(=O)[C@H](NC(=O)c3ccc4n3CCN(C)C4)C3C[C@@H]4[C@H](C3)C4(F)F)cc2)c(Cl)cc[n+]1[O-]. The van der Waals surface area contributed by atoms with Crippen molar-refractivity contribution in [2.75, 3.05) is 18.9 Å². The van der Waals surface area contributed by atoms with Crippen LogP contribution in [0.4, 0.5) is 14.5 Å². The third kappa shape index (κ3) is 4.62. The zero-order chi connectivity index (χ0) is 28.3. The number of hydrogen-bond acceptors (Lipinski definition) is 4. The van der Waals surface area contributed by atoms with E-state index < -0.39 is 41.5 Å². The molecule has 2 aliphatic carbocycles. The molecule has 2 saturated carbocycles. The zero-order valence-corrected chi connectivity index (χ0v) is 22.9. The Hall–Kier alpha value is -3.50. The average molecular weight is 570 g/mol. The minimum atomic E-state index is -2.68. The second-order valence-corrected chi connectivity index (χ2v) is 11.6. The van der Waals surface area contributed by atoms with E-state index >= 15 is 0 Å². The van der Waals surface area contributed by atoms with Gasteiger partial charge >= 0.3 is 0 Å². The van der Waals surface area contributed by atoms with Gasteiger partial charge in [0.15, 0.2) is 11.9 Å². The van der Waals surface area contributed by atoms with Crippen molar-refractivity contribution in [2.45, 2.75) is 44.8 Å². The molecule has 2 N–H and O–H groups in total. The number of hydrogen-bond donors (Lipinski definition) is 2. The molecule has 0 saturated heterocycles. The summed E-state index contributed by atoms with van der Waals surface area (Å²) in [6.07, 6.45) is 1.72. The Balaban J connectivity index is 1.21. The molecule has 4 atom stereocenters. The minimum absolute atomic E-state index is 0.188. The van der Waals surface area contributed by atoms with E-state index in [1.54, 1.807) is 37.3 Å². The Labute approximate surface area is 235 Å². The van der Waals surface area contributed by atoms with Crippen LogP contribution in [0.15, 0.2) is 48.7 Å². The van der Waals surface area contributed by atoms with Gasteiger partial charge in [-0.1, -0.05) is 23.7 Å². The highest BCUT2D eigenvalue weighted by Gasteiger charge is 2.72. The molecule has 0 spiro atoms. The van der Waals surface area contributed by atoms with E-state index in [0.717, 1.165) is 23.5 Å². The molecule has 0 radical (unpaired) electrons. The summed E-state index contributed by atoms with van der Waals surface area (Å²) < 4.78 is 30.6. The van der Waals surface area contributed by atoms with E-state index in [2.05, 4.69) is 15.5 Å². The number of carbonyl (C=O) groups is 2.